The maximum absolute atomic E-state index is 4.51. The van der Waals surface area contributed by atoms with Crippen LogP contribution >= 0.6 is 0 Å². The predicted octanol–water partition coefficient (Wildman–Crippen LogP) is 5.84. The summed E-state index contributed by atoms with van der Waals surface area (Å²) in [6.45, 7) is 10.1. The van der Waals surface area contributed by atoms with Gasteiger partial charge in [-0.1, -0.05) is 71.0 Å². The molecule has 1 heterocycles. The lowest BCUT2D eigenvalue weighted by Gasteiger charge is -2.00. The van der Waals surface area contributed by atoms with Gasteiger partial charge >= 0.3 is 0 Å². The third-order valence-corrected chi connectivity index (χ3v) is 2.97. The van der Waals surface area contributed by atoms with Gasteiger partial charge in [0.1, 0.15) is 5.82 Å². The van der Waals surface area contributed by atoms with Gasteiger partial charge in [-0.15, -0.1) is 0 Å². The van der Waals surface area contributed by atoms with E-state index in [4.69, 9.17) is 0 Å². The van der Waals surface area contributed by atoms with Gasteiger partial charge in [-0.3, -0.25) is 0 Å². The highest BCUT2D eigenvalue weighted by Gasteiger charge is 2.03. The summed E-state index contributed by atoms with van der Waals surface area (Å²) in [5, 5.41) is 0. The van der Waals surface area contributed by atoms with Crippen LogP contribution in [0.3, 0.4) is 0 Å². The van der Waals surface area contributed by atoms with E-state index in [-0.39, 0.29) is 0 Å². The Balaban J connectivity index is 0.000000510. The third-order valence-electron chi connectivity index (χ3n) is 2.97. The molecule has 2 nitrogen and oxygen atoms in total. The van der Waals surface area contributed by atoms with E-state index in [1.165, 1.54) is 11.1 Å². The first kappa shape index (κ1) is 17.0. The van der Waals surface area contributed by atoms with E-state index in [0.29, 0.717) is 0 Å². The van der Waals surface area contributed by atoms with Crippen molar-refractivity contribution in [2.75, 3.05) is 0 Å². The minimum Gasteiger partial charge on any atom is -0.342 e. The largest absolute Gasteiger partial charge is 0.342 e. The van der Waals surface area contributed by atoms with Crippen molar-refractivity contribution in [1.82, 2.24) is 9.97 Å². The molecule has 0 aliphatic rings. The predicted molar refractivity (Wildman–Crippen MR) is 93.6 cm³/mol. The van der Waals surface area contributed by atoms with Gasteiger partial charge in [0.2, 0.25) is 0 Å². The van der Waals surface area contributed by atoms with Gasteiger partial charge < -0.3 is 4.98 Å². The minimum absolute atomic E-state index is 0.940. The summed E-state index contributed by atoms with van der Waals surface area (Å²) < 4.78 is 0. The van der Waals surface area contributed by atoms with Gasteiger partial charge in [-0.2, -0.15) is 0 Å². The van der Waals surface area contributed by atoms with E-state index >= 15 is 0 Å². The van der Waals surface area contributed by atoms with Crippen molar-refractivity contribution in [3.05, 3.63) is 54.4 Å². The molecule has 0 unspecified atom stereocenters. The smallest absolute Gasteiger partial charge is 0.106 e. The number of aryl methyl sites for hydroxylation is 1. The van der Waals surface area contributed by atoms with Crippen molar-refractivity contribution in [3.8, 4) is 11.1 Å². The number of aromatic nitrogens is 2. The highest BCUT2D eigenvalue weighted by molar-refractivity contribution is 5.81. The molecule has 0 saturated carbocycles. The molecule has 0 saturated heterocycles. The number of imidazole rings is 1. The quantitative estimate of drug-likeness (QED) is 0.628. The van der Waals surface area contributed by atoms with Gasteiger partial charge in [0, 0.05) is 6.42 Å². The molecule has 112 valence electrons. The van der Waals surface area contributed by atoms with Crippen LogP contribution in [0.1, 0.15) is 40.4 Å². The van der Waals surface area contributed by atoms with E-state index in [1.54, 1.807) is 0 Å². The molecule has 2 aromatic carbocycles. The Morgan fingerprint density at radius 2 is 1.52 bits per heavy atom. The Morgan fingerprint density at radius 1 is 0.857 bits per heavy atom. The molecule has 0 aliphatic carbocycles. The van der Waals surface area contributed by atoms with E-state index in [9.17, 15) is 0 Å². The highest BCUT2D eigenvalue weighted by Crippen LogP contribution is 2.23. The molecule has 0 radical (unpaired) electrons. The second kappa shape index (κ2) is 8.96. The summed E-state index contributed by atoms with van der Waals surface area (Å²) in [7, 11) is 0. The van der Waals surface area contributed by atoms with Crippen LogP contribution in [-0.2, 0) is 6.42 Å². The summed E-state index contributed by atoms with van der Waals surface area (Å²) in [6.07, 6.45) is 0.940. The Morgan fingerprint density at radius 3 is 2.14 bits per heavy atom. The Kier molecular flexibility index (Phi) is 7.24. The number of hydrogen-bond acceptors (Lipinski definition) is 1. The first-order valence-corrected chi connectivity index (χ1v) is 7.91. The van der Waals surface area contributed by atoms with E-state index in [2.05, 4.69) is 59.4 Å². The monoisotopic (exact) mass is 282 g/mol. The van der Waals surface area contributed by atoms with Crippen LogP contribution in [0.4, 0.5) is 0 Å². The first-order chi connectivity index (χ1) is 10.4. The normalized spacial score (nSPS) is 9.38. The van der Waals surface area contributed by atoms with Crippen molar-refractivity contribution in [2.45, 2.75) is 41.0 Å². The molecule has 0 atom stereocenters. The lowest BCUT2D eigenvalue weighted by atomic mass is 10.1. The molecule has 0 fully saturated rings. The molecular formula is C19H26N2. The van der Waals surface area contributed by atoms with Crippen molar-refractivity contribution in [3.63, 3.8) is 0 Å². The van der Waals surface area contributed by atoms with Crippen LogP contribution in [0.2, 0.25) is 0 Å². The highest BCUT2D eigenvalue weighted by atomic mass is 14.9. The fourth-order valence-electron chi connectivity index (χ4n) is 2.04. The van der Waals surface area contributed by atoms with E-state index in [1.807, 2.05) is 33.8 Å². The van der Waals surface area contributed by atoms with Crippen molar-refractivity contribution < 1.29 is 0 Å². The number of nitrogens with zero attached hydrogens (tertiary/aromatic N) is 1. The molecule has 0 spiro atoms. The Bertz CT molecular complexity index is 639. The number of benzene rings is 2. The van der Waals surface area contributed by atoms with Crippen molar-refractivity contribution >= 4 is 11.0 Å². The molecule has 2 heteroatoms. The third kappa shape index (κ3) is 4.19. The van der Waals surface area contributed by atoms with Gasteiger partial charge in [-0.05, 0) is 23.3 Å². The van der Waals surface area contributed by atoms with Crippen molar-refractivity contribution in [2.24, 2.45) is 0 Å². The summed E-state index contributed by atoms with van der Waals surface area (Å²) in [6, 6.07) is 16.8. The van der Waals surface area contributed by atoms with Gasteiger partial charge in [0.25, 0.3) is 0 Å². The van der Waals surface area contributed by atoms with E-state index in [0.717, 1.165) is 23.3 Å². The second-order valence-corrected chi connectivity index (χ2v) is 4.14. The summed E-state index contributed by atoms with van der Waals surface area (Å²) in [5.74, 6) is 1.05. The number of aromatic amines is 1. The molecule has 0 amide bonds. The maximum atomic E-state index is 4.51. The molecule has 0 aliphatic heterocycles. The summed E-state index contributed by atoms with van der Waals surface area (Å²) in [5.41, 5.74) is 4.62. The van der Waals surface area contributed by atoms with Crippen LogP contribution in [0.5, 0.6) is 0 Å². The van der Waals surface area contributed by atoms with Crippen LogP contribution in [-0.4, -0.2) is 9.97 Å². The molecular weight excluding hydrogens is 256 g/mol. The fourth-order valence-corrected chi connectivity index (χ4v) is 2.04. The number of nitrogens with one attached hydrogen (secondary N) is 1. The molecule has 21 heavy (non-hydrogen) atoms. The van der Waals surface area contributed by atoms with Crippen LogP contribution in [0.15, 0.2) is 48.5 Å². The zero-order valence-corrected chi connectivity index (χ0v) is 13.8. The zero-order valence-electron chi connectivity index (χ0n) is 13.8. The van der Waals surface area contributed by atoms with Crippen LogP contribution < -0.4 is 0 Å². The summed E-state index contributed by atoms with van der Waals surface area (Å²) in [4.78, 5) is 7.85. The minimum atomic E-state index is 0.940. The lowest BCUT2D eigenvalue weighted by molar-refractivity contribution is 1.00. The van der Waals surface area contributed by atoms with Gasteiger partial charge in [0.05, 0.1) is 11.0 Å². The number of H-pyrrole nitrogens is 1. The van der Waals surface area contributed by atoms with Crippen LogP contribution in [0.25, 0.3) is 22.2 Å². The standard InChI is InChI=1S/C15H14N2.2C2H6/c1-2-15-16-13-9-8-12(10-14(13)17-15)11-6-4-3-5-7-11;2*1-2/h3-10H,2H2,1H3,(H,16,17);2*1-2H3. The Labute approximate surface area is 128 Å². The molecule has 0 bridgehead atoms. The molecule has 1 N–H and O–H groups in total. The molecule has 3 aromatic rings. The van der Waals surface area contributed by atoms with Crippen molar-refractivity contribution in [1.29, 1.82) is 0 Å². The average Bonchev–Trinajstić information content (AvgIpc) is 3.01. The number of fused-ring (bicyclic) bond motifs is 1. The maximum Gasteiger partial charge on any atom is 0.106 e. The number of hydrogen-bond donors (Lipinski definition) is 1. The first-order valence-electron chi connectivity index (χ1n) is 7.91. The van der Waals surface area contributed by atoms with Gasteiger partial charge in [-0.25, -0.2) is 4.98 Å². The second-order valence-electron chi connectivity index (χ2n) is 4.14. The average molecular weight is 282 g/mol. The SMILES string of the molecule is CC.CC.CCc1nc2ccc(-c3ccccc3)cc2[nH]1. The molecule has 3 rings (SSSR count). The molecule has 1 aromatic heterocycles. The lowest BCUT2D eigenvalue weighted by Crippen LogP contribution is -1.79. The number of rotatable bonds is 2. The van der Waals surface area contributed by atoms with Gasteiger partial charge in [0.15, 0.2) is 0 Å². The van der Waals surface area contributed by atoms with E-state index < -0.39 is 0 Å². The van der Waals surface area contributed by atoms with Crippen LogP contribution in [0, 0.1) is 0 Å². The fraction of sp³-hybridized carbons (Fsp3) is 0.316. The Hall–Kier alpha value is -2.09. The zero-order chi connectivity index (χ0) is 15.7. The summed E-state index contributed by atoms with van der Waals surface area (Å²) >= 11 is 0. The topological polar surface area (TPSA) is 28.7 Å².